The van der Waals surface area contributed by atoms with Crippen molar-refractivity contribution in [2.45, 2.75) is 40.7 Å². The fourth-order valence-corrected chi connectivity index (χ4v) is 3.32. The third-order valence-corrected chi connectivity index (χ3v) is 5.20. The van der Waals surface area contributed by atoms with Crippen molar-refractivity contribution in [3.63, 3.8) is 0 Å². The van der Waals surface area contributed by atoms with Crippen molar-refractivity contribution in [3.05, 3.63) is 88.0 Å². The Morgan fingerprint density at radius 3 is 2.41 bits per heavy atom. The van der Waals surface area contributed by atoms with Gasteiger partial charge in [-0.2, -0.15) is 0 Å². The summed E-state index contributed by atoms with van der Waals surface area (Å²) >= 11 is 0. The zero-order chi connectivity index (χ0) is 19.4. The number of pyridine rings is 1. The summed E-state index contributed by atoms with van der Waals surface area (Å²) in [4.78, 5) is 17.2. The molecule has 4 nitrogen and oxygen atoms in total. The minimum atomic E-state index is -0.0215. The number of carbonyl (C=O) groups excluding carboxylic acids is 1. The Morgan fingerprint density at radius 2 is 1.74 bits per heavy atom. The molecule has 0 unspecified atom stereocenters. The first kappa shape index (κ1) is 18.9. The smallest absolute Gasteiger partial charge is 0.268 e. The Balaban J connectivity index is 1.78. The van der Waals surface area contributed by atoms with Crippen LogP contribution in [0.15, 0.2) is 48.7 Å². The molecule has 0 spiro atoms. The number of carbonyl (C=O) groups is 1. The molecule has 0 bridgehead atoms. The average Bonchev–Trinajstić information content (AvgIpc) is 2.88. The predicted molar refractivity (Wildman–Crippen MR) is 109 cm³/mol. The van der Waals surface area contributed by atoms with E-state index in [1.165, 1.54) is 16.7 Å². The minimum absolute atomic E-state index is 0.0215. The molecule has 27 heavy (non-hydrogen) atoms. The Morgan fingerprint density at radius 1 is 1.00 bits per heavy atom. The highest BCUT2D eigenvalue weighted by Crippen LogP contribution is 2.23. The molecule has 0 aliphatic heterocycles. The van der Waals surface area contributed by atoms with E-state index in [2.05, 4.69) is 59.9 Å². The molecule has 0 saturated heterocycles. The first-order valence-corrected chi connectivity index (χ1v) is 9.37. The van der Waals surface area contributed by atoms with E-state index in [4.69, 9.17) is 0 Å². The molecule has 140 valence electrons. The molecular formula is C23H27N3O. The van der Waals surface area contributed by atoms with Crippen molar-refractivity contribution >= 4 is 5.91 Å². The number of hydrogen-bond acceptors (Lipinski definition) is 2. The van der Waals surface area contributed by atoms with E-state index in [0.717, 1.165) is 29.1 Å². The molecular weight excluding hydrogens is 334 g/mol. The maximum absolute atomic E-state index is 12.9. The lowest BCUT2D eigenvalue weighted by Crippen LogP contribution is -2.29. The van der Waals surface area contributed by atoms with Crippen LogP contribution in [0.1, 0.15) is 44.1 Å². The van der Waals surface area contributed by atoms with Crippen molar-refractivity contribution in [1.29, 1.82) is 0 Å². The van der Waals surface area contributed by atoms with E-state index in [-0.39, 0.29) is 5.91 Å². The number of aromatic nitrogens is 2. The lowest BCUT2D eigenvalue weighted by Gasteiger charge is -2.13. The molecule has 0 aliphatic carbocycles. The van der Waals surface area contributed by atoms with Crippen molar-refractivity contribution < 1.29 is 4.79 Å². The number of amides is 1. The van der Waals surface area contributed by atoms with Crippen LogP contribution in [0.3, 0.4) is 0 Å². The van der Waals surface area contributed by atoms with E-state index < -0.39 is 0 Å². The van der Waals surface area contributed by atoms with Gasteiger partial charge in [-0.3, -0.25) is 9.78 Å². The molecule has 0 saturated carbocycles. The molecule has 0 fully saturated rings. The van der Waals surface area contributed by atoms with Gasteiger partial charge >= 0.3 is 0 Å². The van der Waals surface area contributed by atoms with Crippen LogP contribution in [0.25, 0.3) is 0 Å². The molecule has 1 N–H and O–H groups in total. The Labute approximate surface area is 161 Å². The monoisotopic (exact) mass is 361 g/mol. The van der Waals surface area contributed by atoms with Gasteiger partial charge in [0.1, 0.15) is 5.69 Å². The van der Waals surface area contributed by atoms with Crippen LogP contribution < -0.4 is 5.32 Å². The molecule has 1 aromatic carbocycles. The number of nitrogens with one attached hydrogen (secondary N) is 1. The van der Waals surface area contributed by atoms with Gasteiger partial charge < -0.3 is 9.88 Å². The topological polar surface area (TPSA) is 46.9 Å². The number of benzene rings is 1. The SMILES string of the molecule is Cc1ccc(Cn2c(C)c(C)c(C)c2C(=O)NCCc2ccccn2)cc1. The van der Waals surface area contributed by atoms with E-state index in [1.807, 2.05) is 25.1 Å². The zero-order valence-corrected chi connectivity index (χ0v) is 16.5. The molecule has 2 aromatic heterocycles. The highest BCUT2D eigenvalue weighted by molar-refractivity contribution is 5.95. The van der Waals surface area contributed by atoms with Gasteiger partial charge in [0, 0.05) is 37.1 Å². The summed E-state index contributed by atoms with van der Waals surface area (Å²) < 4.78 is 2.13. The highest BCUT2D eigenvalue weighted by Gasteiger charge is 2.20. The van der Waals surface area contributed by atoms with Gasteiger partial charge in [0.25, 0.3) is 5.91 Å². The highest BCUT2D eigenvalue weighted by atomic mass is 16.1. The molecule has 2 heterocycles. The molecule has 3 aromatic rings. The van der Waals surface area contributed by atoms with Crippen LogP contribution in [0.4, 0.5) is 0 Å². The maximum Gasteiger partial charge on any atom is 0.268 e. The lowest BCUT2D eigenvalue weighted by atomic mass is 10.1. The van der Waals surface area contributed by atoms with Crippen LogP contribution in [-0.2, 0) is 13.0 Å². The largest absolute Gasteiger partial charge is 0.350 e. The van der Waals surface area contributed by atoms with E-state index >= 15 is 0 Å². The second kappa shape index (κ2) is 8.21. The second-order valence-electron chi connectivity index (χ2n) is 7.08. The van der Waals surface area contributed by atoms with Crippen molar-refractivity contribution in [1.82, 2.24) is 14.9 Å². The Hall–Kier alpha value is -2.88. The summed E-state index contributed by atoms with van der Waals surface area (Å²) in [6.07, 6.45) is 2.50. The quantitative estimate of drug-likeness (QED) is 0.717. The summed E-state index contributed by atoms with van der Waals surface area (Å²) in [7, 11) is 0. The van der Waals surface area contributed by atoms with Crippen molar-refractivity contribution in [2.75, 3.05) is 6.54 Å². The van der Waals surface area contributed by atoms with E-state index in [0.29, 0.717) is 13.1 Å². The van der Waals surface area contributed by atoms with Gasteiger partial charge in [0.2, 0.25) is 0 Å². The molecule has 0 atom stereocenters. The summed E-state index contributed by atoms with van der Waals surface area (Å²) in [6.45, 7) is 9.55. The van der Waals surface area contributed by atoms with Crippen LogP contribution in [0, 0.1) is 27.7 Å². The number of nitrogens with zero attached hydrogens (tertiary/aromatic N) is 2. The van der Waals surface area contributed by atoms with Crippen LogP contribution in [0.2, 0.25) is 0 Å². The van der Waals surface area contributed by atoms with Crippen LogP contribution >= 0.6 is 0 Å². The average molecular weight is 361 g/mol. The van der Waals surface area contributed by atoms with Gasteiger partial charge in [0.15, 0.2) is 0 Å². The summed E-state index contributed by atoms with van der Waals surface area (Å²) in [5, 5.41) is 3.06. The van der Waals surface area contributed by atoms with Crippen molar-refractivity contribution in [2.24, 2.45) is 0 Å². The third kappa shape index (κ3) is 4.27. The molecule has 3 rings (SSSR count). The van der Waals surface area contributed by atoms with Crippen LogP contribution in [-0.4, -0.2) is 22.0 Å². The molecule has 0 radical (unpaired) electrons. The van der Waals surface area contributed by atoms with Gasteiger partial charge in [-0.1, -0.05) is 35.9 Å². The normalized spacial score (nSPS) is 10.8. The van der Waals surface area contributed by atoms with Crippen molar-refractivity contribution in [3.8, 4) is 0 Å². The Bertz CT molecular complexity index is 925. The molecule has 1 amide bonds. The minimum Gasteiger partial charge on any atom is -0.350 e. The fraction of sp³-hybridized carbons (Fsp3) is 0.304. The van der Waals surface area contributed by atoms with Gasteiger partial charge in [-0.25, -0.2) is 0 Å². The number of hydrogen-bond donors (Lipinski definition) is 1. The standard InChI is InChI=1S/C23H27N3O/c1-16-8-10-20(11-9-16)15-26-19(4)17(2)18(3)22(26)23(27)25-14-12-21-7-5-6-13-24-21/h5-11,13H,12,14-15H2,1-4H3,(H,25,27). The maximum atomic E-state index is 12.9. The molecule has 0 aliphatic rings. The van der Waals surface area contributed by atoms with E-state index in [1.54, 1.807) is 6.20 Å². The summed E-state index contributed by atoms with van der Waals surface area (Å²) in [5.74, 6) is -0.0215. The Kier molecular flexibility index (Phi) is 5.75. The third-order valence-electron chi connectivity index (χ3n) is 5.20. The van der Waals surface area contributed by atoms with Crippen LogP contribution in [0.5, 0.6) is 0 Å². The summed E-state index contributed by atoms with van der Waals surface area (Å²) in [5.41, 5.74) is 7.54. The van der Waals surface area contributed by atoms with Gasteiger partial charge in [0.05, 0.1) is 0 Å². The van der Waals surface area contributed by atoms with Gasteiger partial charge in [-0.05, 0) is 56.5 Å². The first-order valence-electron chi connectivity index (χ1n) is 9.37. The predicted octanol–water partition coefficient (Wildman–Crippen LogP) is 4.14. The zero-order valence-electron chi connectivity index (χ0n) is 16.5. The number of aryl methyl sites for hydroxylation is 1. The lowest BCUT2D eigenvalue weighted by molar-refractivity contribution is 0.0944. The molecule has 4 heteroatoms. The van der Waals surface area contributed by atoms with E-state index in [9.17, 15) is 4.79 Å². The summed E-state index contributed by atoms with van der Waals surface area (Å²) in [6, 6.07) is 14.3. The second-order valence-corrected chi connectivity index (χ2v) is 7.08. The van der Waals surface area contributed by atoms with Gasteiger partial charge in [-0.15, -0.1) is 0 Å². The first-order chi connectivity index (χ1) is 13.0. The number of rotatable bonds is 6. The fourth-order valence-electron chi connectivity index (χ4n) is 3.32.